The van der Waals surface area contributed by atoms with E-state index in [1.165, 1.54) is 11.6 Å². The van der Waals surface area contributed by atoms with Crippen LogP contribution in [0.4, 0.5) is 45.5 Å². The molecule has 0 unspecified atom stereocenters. The summed E-state index contributed by atoms with van der Waals surface area (Å²) in [4.78, 5) is 131. The van der Waals surface area contributed by atoms with Crippen molar-refractivity contribution in [1.29, 1.82) is 0 Å². The third-order valence-electron chi connectivity index (χ3n) is 18.3. The fourth-order valence-corrected chi connectivity index (χ4v) is 12.8. The van der Waals surface area contributed by atoms with Crippen molar-refractivity contribution in [2.45, 2.75) is 111 Å². The highest BCUT2D eigenvalue weighted by Crippen LogP contribution is 2.34. The maximum atomic E-state index is 13.7. The van der Waals surface area contributed by atoms with Gasteiger partial charge in [-0.1, -0.05) is 36.4 Å². The normalized spacial score (nSPS) is 17.2. The monoisotopic (exact) mass is 1450 g/mol. The number of aliphatic imine (C=N–C) groups is 2. The number of hydrogen-bond donors (Lipinski definition) is 7. The number of aromatic nitrogens is 2. The molecule has 26 nitrogen and oxygen atoms in total. The van der Waals surface area contributed by atoms with Crippen LogP contribution >= 0.6 is 11.6 Å². The summed E-state index contributed by atoms with van der Waals surface area (Å²) in [7, 11) is 0. The van der Waals surface area contributed by atoms with Crippen LogP contribution in [-0.4, -0.2) is 135 Å². The van der Waals surface area contributed by atoms with Gasteiger partial charge in [-0.25, -0.2) is 19.5 Å². The Kier molecular flexibility index (Phi) is 25.9. The Balaban J connectivity index is 0.000000169. The number of amides is 7. The molecule has 105 heavy (non-hydrogen) atoms. The van der Waals surface area contributed by atoms with Gasteiger partial charge < -0.3 is 67.1 Å². The summed E-state index contributed by atoms with van der Waals surface area (Å²) < 4.78 is 6.65. The van der Waals surface area contributed by atoms with Gasteiger partial charge in [-0.15, -0.1) is 11.6 Å². The van der Waals surface area contributed by atoms with E-state index in [-0.39, 0.29) is 90.3 Å². The molecule has 0 radical (unpaired) electrons. The van der Waals surface area contributed by atoms with Crippen LogP contribution in [0.25, 0.3) is 5.69 Å². The van der Waals surface area contributed by atoms with Gasteiger partial charge in [-0.05, 0) is 191 Å². The first-order valence-corrected chi connectivity index (χ1v) is 35.3. The number of piperidine rings is 4. The largest absolute Gasteiger partial charge is 0.461 e. The molecule has 0 saturated carbocycles. The van der Waals surface area contributed by atoms with Crippen molar-refractivity contribution in [2.75, 3.05) is 75.0 Å². The number of esters is 1. The lowest BCUT2D eigenvalue weighted by Crippen LogP contribution is -2.44. The van der Waals surface area contributed by atoms with E-state index in [9.17, 15) is 58.5 Å². The number of nitrogens with zero attached hydrogens (tertiary/aromatic N) is 9. The van der Waals surface area contributed by atoms with Crippen molar-refractivity contribution in [1.82, 2.24) is 9.78 Å². The quantitative estimate of drug-likeness (QED) is 0.0162. The SMILES string of the molecule is CC(=O)C(N)=C1CCN(c2ccc(N3CCCCC3=O)cc2)C(=O)C1=Nc1ccc(CO)cc1.CCOC(=O)c1nn(-c2ccc(CO)cc2)c2c1CCN(c1ccc(NC(=O)CCCCCl)cc1)C2=O.NC(=O)C(N)=C1CCN(c2ccc(N3CCCCC3=O)cc2)C(=O)C1=Nc1ccc(CO)cc1. The number of aliphatic hydroxyl groups is 3. The van der Waals surface area contributed by atoms with Crippen molar-refractivity contribution in [3.8, 4) is 5.69 Å². The molecule has 27 heteroatoms. The molecule has 5 aliphatic heterocycles. The molecular formula is C78H84ClN13O13. The van der Waals surface area contributed by atoms with Gasteiger partial charge in [-0.2, -0.15) is 5.10 Å². The molecule has 6 aromatic carbocycles. The van der Waals surface area contributed by atoms with E-state index in [1.807, 2.05) is 36.4 Å². The number of alkyl halides is 1. The zero-order valence-electron chi connectivity index (χ0n) is 58.5. The second-order valence-corrected chi connectivity index (χ2v) is 25.7. The Morgan fingerprint density at radius 3 is 1.33 bits per heavy atom. The predicted molar refractivity (Wildman–Crippen MR) is 401 cm³/mol. The van der Waals surface area contributed by atoms with Crippen molar-refractivity contribution < 1.29 is 63.2 Å². The lowest BCUT2D eigenvalue weighted by Gasteiger charge is -2.31. The fraction of sp³-hybridized carbons (Fsp3) is 0.308. The number of rotatable bonds is 20. The van der Waals surface area contributed by atoms with E-state index in [0.717, 1.165) is 61.0 Å². The summed E-state index contributed by atoms with van der Waals surface area (Å²) in [5, 5.41) is 35.2. The van der Waals surface area contributed by atoms with Gasteiger partial charge in [0, 0.05) is 116 Å². The van der Waals surface area contributed by atoms with Gasteiger partial charge in [-0.3, -0.25) is 38.4 Å². The van der Waals surface area contributed by atoms with E-state index >= 15 is 0 Å². The molecular weight excluding hydrogens is 1360 g/mol. The molecule has 4 saturated heterocycles. The van der Waals surface area contributed by atoms with Crippen molar-refractivity contribution >= 4 is 122 Å². The molecule has 1 aromatic heterocycles. The topological polar surface area (TPSA) is 372 Å². The summed E-state index contributed by atoms with van der Waals surface area (Å²) in [5.74, 6) is -2.08. The van der Waals surface area contributed by atoms with E-state index in [4.69, 9.17) is 33.5 Å². The minimum Gasteiger partial charge on any atom is -0.461 e. The maximum absolute atomic E-state index is 13.7. The van der Waals surface area contributed by atoms with E-state index in [1.54, 1.807) is 141 Å². The number of ether oxygens (including phenoxy) is 1. The summed E-state index contributed by atoms with van der Waals surface area (Å²) in [6, 6.07) is 42.3. The maximum Gasteiger partial charge on any atom is 0.359 e. The second kappa shape index (κ2) is 35.6. The fourth-order valence-electron chi connectivity index (χ4n) is 12.6. The zero-order valence-corrected chi connectivity index (χ0v) is 59.2. The molecule has 6 heterocycles. The molecule has 12 rings (SSSR count). The lowest BCUT2D eigenvalue weighted by molar-refractivity contribution is -0.120. The number of carbonyl (C=O) groups excluding carboxylic acids is 9. The Morgan fingerprint density at radius 1 is 0.505 bits per heavy atom. The van der Waals surface area contributed by atoms with Crippen LogP contribution in [-0.2, 0) is 64.5 Å². The predicted octanol–water partition coefficient (Wildman–Crippen LogP) is 9.00. The van der Waals surface area contributed by atoms with Gasteiger partial charge in [0.2, 0.25) is 17.7 Å². The minimum atomic E-state index is -0.810. The number of ketones is 1. The lowest BCUT2D eigenvalue weighted by atomic mass is 9.96. The summed E-state index contributed by atoms with van der Waals surface area (Å²) in [5.41, 5.74) is 27.1. The highest BCUT2D eigenvalue weighted by atomic mass is 35.5. The second-order valence-electron chi connectivity index (χ2n) is 25.3. The van der Waals surface area contributed by atoms with Crippen LogP contribution in [0.3, 0.4) is 0 Å². The number of Topliss-reactive ketones (excluding diaryl/α,β-unsaturated/α-hetero) is 1. The summed E-state index contributed by atoms with van der Waals surface area (Å²) in [6.07, 6.45) is 7.88. The Morgan fingerprint density at radius 2 is 0.914 bits per heavy atom. The van der Waals surface area contributed by atoms with Crippen LogP contribution < -0.4 is 47.0 Å². The highest BCUT2D eigenvalue weighted by Gasteiger charge is 2.38. The number of aliphatic hydroxyl groups excluding tert-OH is 3. The zero-order chi connectivity index (χ0) is 74.8. The van der Waals surface area contributed by atoms with E-state index < -0.39 is 17.8 Å². The molecule has 0 spiro atoms. The minimum absolute atomic E-state index is 0.0395. The number of nitrogens with one attached hydrogen (secondary N) is 1. The van der Waals surface area contributed by atoms with Gasteiger partial charge in [0.25, 0.3) is 23.6 Å². The Hall–Kier alpha value is -11.5. The Bertz CT molecular complexity index is 4330. The number of hydrogen-bond acceptors (Lipinski definition) is 18. The smallest absolute Gasteiger partial charge is 0.359 e. The van der Waals surface area contributed by atoms with Crippen molar-refractivity contribution in [3.63, 3.8) is 0 Å². The molecule has 7 amide bonds. The number of benzene rings is 6. The molecule has 7 aromatic rings. The number of unbranched alkanes of at least 4 members (excludes halogenated alkanes) is 1. The number of carbonyl (C=O) groups is 9. The van der Waals surface area contributed by atoms with E-state index in [2.05, 4.69) is 20.4 Å². The van der Waals surface area contributed by atoms with Crippen molar-refractivity contribution in [3.05, 3.63) is 202 Å². The van der Waals surface area contributed by atoms with E-state index in [0.29, 0.717) is 145 Å². The molecule has 0 aliphatic carbocycles. The van der Waals surface area contributed by atoms with Crippen LogP contribution in [0.1, 0.15) is 128 Å². The number of primary amides is 1. The van der Waals surface area contributed by atoms with Crippen LogP contribution in [0.2, 0.25) is 0 Å². The first-order chi connectivity index (χ1) is 50.7. The van der Waals surface area contributed by atoms with Gasteiger partial charge >= 0.3 is 5.97 Å². The van der Waals surface area contributed by atoms with Gasteiger partial charge in [0.05, 0.1) is 49.2 Å². The molecule has 546 valence electrons. The third-order valence-corrected chi connectivity index (χ3v) is 18.6. The van der Waals surface area contributed by atoms with Crippen LogP contribution in [0, 0.1) is 0 Å². The van der Waals surface area contributed by atoms with Gasteiger partial charge in [0.1, 0.15) is 22.8 Å². The number of allylic oxidation sites excluding steroid dienone is 1. The molecule has 5 aliphatic rings. The van der Waals surface area contributed by atoms with Crippen LogP contribution in [0.15, 0.2) is 178 Å². The standard InChI is InChI=1S/C27H29ClN4O5.C26H28N4O4.C25H27N5O4/c1-2-37-27(36)24-22-14-16-31(20-12-8-19(9-13-20)29-23(34)5-3-4-15-28)26(35)25(22)32(30-24)21-10-6-18(17-33)7-11-21;1-17(32)24(27)22-13-15-30(26(34)25(22)28-19-7-5-18(16-31)6-8-19)21-11-9-20(10-12-21)29-14-3-2-4-23(29)33;26-22(24(27)33)20-12-14-30(25(34)23(20)28-17-6-4-16(15-31)5-7-17)19-10-8-18(9-11-19)29-13-2-1-3-21(29)32/h6-13,33H,2-5,14-17H2,1H3,(H,29,34);5-12,31H,2-4,13-16,27H2,1H3;4-11,31H,1-3,12-15,26H2,(H2,27,33). The van der Waals surface area contributed by atoms with Crippen LogP contribution in [0.5, 0.6) is 0 Å². The average Bonchev–Trinajstić information content (AvgIpc) is 1.61. The number of halogens is 1. The van der Waals surface area contributed by atoms with Crippen molar-refractivity contribution in [2.24, 2.45) is 27.2 Å². The highest BCUT2D eigenvalue weighted by molar-refractivity contribution is 6.52. The number of fused-ring (bicyclic) bond motifs is 1. The summed E-state index contributed by atoms with van der Waals surface area (Å²) in [6.45, 7) is 5.37. The number of nitrogens with two attached hydrogens (primary N) is 3. The summed E-state index contributed by atoms with van der Waals surface area (Å²) >= 11 is 5.67. The first-order valence-electron chi connectivity index (χ1n) is 34.8. The number of anilines is 6. The molecule has 0 atom stereocenters. The third kappa shape index (κ3) is 18.3. The molecule has 4 fully saturated rings. The van der Waals surface area contributed by atoms with Gasteiger partial charge in [0.15, 0.2) is 11.5 Å². The Labute approximate surface area is 612 Å². The molecule has 0 bridgehead atoms. The first kappa shape index (κ1) is 76.2. The molecule has 10 N–H and O–H groups in total. The average molecular weight is 1450 g/mol.